The highest BCUT2D eigenvalue weighted by molar-refractivity contribution is 6.17. The van der Waals surface area contributed by atoms with E-state index in [1.54, 1.807) is 0 Å². The van der Waals surface area contributed by atoms with Gasteiger partial charge in [-0.15, -0.1) is 11.6 Å². The van der Waals surface area contributed by atoms with E-state index in [2.05, 4.69) is 32.9 Å². The summed E-state index contributed by atoms with van der Waals surface area (Å²) in [5, 5.41) is 0. The molecule has 0 aliphatic carbocycles. The van der Waals surface area contributed by atoms with Crippen molar-refractivity contribution in [3.8, 4) is 0 Å². The zero-order chi connectivity index (χ0) is 8.43. The van der Waals surface area contributed by atoms with Crippen LogP contribution in [0.25, 0.3) is 0 Å². The largest absolute Gasteiger partial charge is 0.122 e. The first kappa shape index (κ1) is 11.5. The summed E-state index contributed by atoms with van der Waals surface area (Å²) in [6.07, 6.45) is 0. The molecule has 0 nitrogen and oxygen atoms in total. The van der Waals surface area contributed by atoms with E-state index in [4.69, 9.17) is 11.6 Å². The van der Waals surface area contributed by atoms with Crippen LogP contribution in [0.4, 0.5) is 0 Å². The second-order valence-electron chi connectivity index (χ2n) is 3.01. The summed E-state index contributed by atoms with van der Waals surface area (Å²) < 4.78 is 0. The molecule has 0 radical (unpaired) electrons. The summed E-state index contributed by atoms with van der Waals surface area (Å²) >= 11 is 5.79. The number of hydrogen-bond acceptors (Lipinski definition) is 0. The van der Waals surface area contributed by atoms with Crippen molar-refractivity contribution in [2.24, 2.45) is 0 Å². The van der Waals surface area contributed by atoms with Crippen LogP contribution in [0.1, 0.15) is 29.7 Å². The maximum Gasteiger partial charge on any atom is 0.0479 e. The Labute approximate surface area is 80.6 Å². The van der Waals surface area contributed by atoms with Gasteiger partial charge in [-0.25, -0.2) is 0 Å². The van der Waals surface area contributed by atoms with Crippen LogP contribution >= 0.6 is 11.6 Å². The fraction of sp³-hybridized carbons (Fsp3) is 0.455. The lowest BCUT2D eigenvalue weighted by Crippen LogP contribution is -1.90. The first-order chi connectivity index (χ1) is 5.15. The van der Waals surface area contributed by atoms with E-state index in [1.165, 1.54) is 22.3 Å². The normalized spacial score (nSPS) is 9.33. The Balaban J connectivity index is 0.00000121. The first-order valence-corrected chi connectivity index (χ1v) is 4.31. The zero-order valence-electron chi connectivity index (χ0n) is 7.24. The molecular formula is C11H17Cl. The molecule has 0 unspecified atom stereocenters. The summed E-state index contributed by atoms with van der Waals surface area (Å²) in [4.78, 5) is 0. The fourth-order valence-corrected chi connectivity index (χ4v) is 1.84. The summed E-state index contributed by atoms with van der Waals surface area (Å²) in [7, 11) is 0. The highest BCUT2D eigenvalue weighted by atomic mass is 35.5. The van der Waals surface area contributed by atoms with Gasteiger partial charge in [0.05, 0.1) is 0 Å². The molecule has 0 fully saturated rings. The molecule has 0 aliphatic rings. The summed E-state index contributed by atoms with van der Waals surface area (Å²) in [5.74, 6) is 0.623. The van der Waals surface area contributed by atoms with E-state index in [1.807, 2.05) is 0 Å². The predicted octanol–water partition coefficient (Wildman–Crippen LogP) is 3.99. The molecule has 0 aromatic heterocycles. The average Bonchev–Trinajstić information content (AvgIpc) is 1.85. The molecule has 0 N–H and O–H groups in total. The lowest BCUT2D eigenvalue weighted by molar-refractivity contribution is 1.21. The van der Waals surface area contributed by atoms with Crippen LogP contribution in [0.2, 0.25) is 0 Å². The molecule has 1 aromatic rings. The Hall–Kier alpha value is -0.490. The molecular weight excluding hydrogens is 168 g/mol. The van der Waals surface area contributed by atoms with Crippen molar-refractivity contribution < 1.29 is 0 Å². The summed E-state index contributed by atoms with van der Waals surface area (Å²) in [6, 6.07) is 4.34. The highest BCUT2D eigenvalue weighted by Gasteiger charge is 2.00. The highest BCUT2D eigenvalue weighted by Crippen LogP contribution is 2.17. The molecule has 0 heterocycles. The van der Waals surface area contributed by atoms with Crippen LogP contribution in [0, 0.1) is 20.8 Å². The quantitative estimate of drug-likeness (QED) is 0.579. The molecule has 1 rings (SSSR count). The van der Waals surface area contributed by atoms with E-state index in [0.29, 0.717) is 5.88 Å². The number of alkyl halides is 1. The average molecular weight is 185 g/mol. The molecule has 0 aliphatic heterocycles. The second-order valence-corrected chi connectivity index (χ2v) is 3.28. The molecule has 68 valence electrons. The van der Waals surface area contributed by atoms with Gasteiger partial charge >= 0.3 is 0 Å². The lowest BCUT2D eigenvalue weighted by Gasteiger charge is -2.07. The molecule has 0 saturated heterocycles. The van der Waals surface area contributed by atoms with Gasteiger partial charge in [-0.1, -0.05) is 25.1 Å². The number of halogens is 1. The molecule has 0 spiro atoms. The lowest BCUT2D eigenvalue weighted by atomic mass is 10.0. The third kappa shape index (κ3) is 2.25. The Morgan fingerprint density at radius 3 is 1.83 bits per heavy atom. The van der Waals surface area contributed by atoms with Gasteiger partial charge in [0.2, 0.25) is 0 Å². The number of hydrogen-bond donors (Lipinski definition) is 0. The Morgan fingerprint density at radius 1 is 1.08 bits per heavy atom. The third-order valence-corrected chi connectivity index (χ3v) is 2.24. The van der Waals surface area contributed by atoms with E-state index >= 15 is 0 Å². The van der Waals surface area contributed by atoms with Crippen molar-refractivity contribution in [3.05, 3.63) is 34.4 Å². The second kappa shape index (κ2) is 4.51. The third-order valence-electron chi connectivity index (χ3n) is 1.97. The smallest absolute Gasteiger partial charge is 0.0479 e. The predicted molar refractivity (Wildman–Crippen MR) is 56.9 cm³/mol. The number of rotatable bonds is 1. The van der Waals surface area contributed by atoms with Crippen molar-refractivity contribution >= 4 is 11.6 Å². The maximum atomic E-state index is 5.79. The van der Waals surface area contributed by atoms with Crippen LogP contribution in [-0.2, 0) is 5.88 Å². The van der Waals surface area contributed by atoms with Crippen LogP contribution < -0.4 is 0 Å². The summed E-state index contributed by atoms with van der Waals surface area (Å²) in [6.45, 7) is 6.33. The SMILES string of the molecule is C.Cc1cc(C)c(CCl)c(C)c1. The maximum absolute atomic E-state index is 5.79. The van der Waals surface area contributed by atoms with Crippen molar-refractivity contribution in [1.29, 1.82) is 0 Å². The van der Waals surface area contributed by atoms with E-state index in [-0.39, 0.29) is 7.43 Å². The van der Waals surface area contributed by atoms with E-state index in [0.717, 1.165) is 0 Å². The van der Waals surface area contributed by atoms with Gasteiger partial charge in [-0.3, -0.25) is 0 Å². The monoisotopic (exact) mass is 184 g/mol. The van der Waals surface area contributed by atoms with Gasteiger partial charge in [0, 0.05) is 5.88 Å². The van der Waals surface area contributed by atoms with Crippen LogP contribution in [0.5, 0.6) is 0 Å². The summed E-state index contributed by atoms with van der Waals surface area (Å²) in [5.41, 5.74) is 5.20. The van der Waals surface area contributed by atoms with E-state index in [9.17, 15) is 0 Å². The van der Waals surface area contributed by atoms with Crippen molar-refractivity contribution in [2.75, 3.05) is 0 Å². The minimum atomic E-state index is 0. The fourth-order valence-electron chi connectivity index (χ4n) is 1.42. The Bertz CT molecular complexity index is 241. The van der Waals surface area contributed by atoms with Gasteiger partial charge in [-0.2, -0.15) is 0 Å². The van der Waals surface area contributed by atoms with Crippen molar-refractivity contribution in [3.63, 3.8) is 0 Å². The number of benzene rings is 1. The molecule has 0 atom stereocenters. The van der Waals surface area contributed by atoms with Crippen molar-refractivity contribution in [1.82, 2.24) is 0 Å². The van der Waals surface area contributed by atoms with Gasteiger partial charge in [-0.05, 0) is 37.5 Å². The van der Waals surface area contributed by atoms with E-state index < -0.39 is 0 Å². The molecule has 12 heavy (non-hydrogen) atoms. The Morgan fingerprint density at radius 2 is 1.50 bits per heavy atom. The molecule has 0 saturated carbocycles. The number of aryl methyl sites for hydroxylation is 3. The van der Waals surface area contributed by atoms with Crippen LogP contribution in [0.3, 0.4) is 0 Å². The molecule has 1 heteroatoms. The first-order valence-electron chi connectivity index (χ1n) is 3.78. The minimum absolute atomic E-state index is 0. The Kier molecular flexibility index (Phi) is 4.33. The standard InChI is InChI=1S/C10H13Cl.CH4/c1-7-4-8(2)10(6-11)9(3)5-7;/h4-5H,6H2,1-3H3;1H4. The van der Waals surface area contributed by atoms with Gasteiger partial charge in [0.15, 0.2) is 0 Å². The molecule has 0 amide bonds. The van der Waals surface area contributed by atoms with Gasteiger partial charge < -0.3 is 0 Å². The van der Waals surface area contributed by atoms with Crippen LogP contribution in [-0.4, -0.2) is 0 Å². The van der Waals surface area contributed by atoms with Crippen molar-refractivity contribution in [2.45, 2.75) is 34.1 Å². The van der Waals surface area contributed by atoms with Crippen LogP contribution in [0.15, 0.2) is 12.1 Å². The topological polar surface area (TPSA) is 0 Å². The zero-order valence-corrected chi connectivity index (χ0v) is 8.00. The molecule has 0 bridgehead atoms. The molecule has 1 aromatic carbocycles. The minimum Gasteiger partial charge on any atom is -0.122 e. The van der Waals surface area contributed by atoms with Gasteiger partial charge in [0.1, 0.15) is 0 Å². The van der Waals surface area contributed by atoms with Gasteiger partial charge in [0.25, 0.3) is 0 Å².